The lowest BCUT2D eigenvalue weighted by molar-refractivity contribution is -0.116. The van der Waals surface area contributed by atoms with Crippen LogP contribution >= 0.6 is 0 Å². The van der Waals surface area contributed by atoms with Crippen molar-refractivity contribution >= 4 is 21.6 Å². The van der Waals surface area contributed by atoms with E-state index < -0.39 is 10.0 Å². The number of amides is 1. The lowest BCUT2D eigenvalue weighted by atomic mass is 9.98. The van der Waals surface area contributed by atoms with Crippen LogP contribution in [0.15, 0.2) is 71.6 Å². The highest BCUT2D eigenvalue weighted by atomic mass is 32.2. The molecule has 1 amide bonds. The molecule has 0 aromatic heterocycles. The number of hydrogen-bond donors (Lipinski definition) is 1. The summed E-state index contributed by atoms with van der Waals surface area (Å²) in [7, 11) is -3.88. The molecule has 6 heteroatoms. The zero-order chi connectivity index (χ0) is 24.2. The number of para-hydroxylation sites is 1. The molecule has 0 radical (unpaired) electrons. The Morgan fingerprint density at radius 2 is 1.58 bits per heavy atom. The standard InChI is InChI=1S/C27H32N2O3S/c1-19(2)25-11-7-9-22(5)27(25)28-26(30)18-29(17-23-10-6-8-21(4)16-23)33(31,32)24-14-12-20(3)13-15-24/h6-16,19H,17-18H2,1-5H3,(H,28,30). The van der Waals surface area contributed by atoms with Gasteiger partial charge in [0.15, 0.2) is 0 Å². The van der Waals surface area contributed by atoms with Crippen molar-refractivity contribution in [1.82, 2.24) is 4.31 Å². The summed E-state index contributed by atoms with van der Waals surface area (Å²) in [4.78, 5) is 13.3. The molecule has 0 spiro atoms. The minimum Gasteiger partial charge on any atom is -0.324 e. The molecule has 0 aliphatic carbocycles. The third-order valence-corrected chi connectivity index (χ3v) is 7.42. The minimum absolute atomic E-state index is 0.107. The predicted octanol–water partition coefficient (Wildman–Crippen LogP) is 5.56. The van der Waals surface area contributed by atoms with Crippen LogP contribution in [-0.4, -0.2) is 25.2 Å². The Morgan fingerprint density at radius 1 is 0.909 bits per heavy atom. The minimum atomic E-state index is -3.88. The molecule has 0 unspecified atom stereocenters. The molecular weight excluding hydrogens is 432 g/mol. The van der Waals surface area contributed by atoms with E-state index in [-0.39, 0.29) is 29.8 Å². The van der Waals surface area contributed by atoms with E-state index in [9.17, 15) is 13.2 Å². The predicted molar refractivity (Wildman–Crippen MR) is 134 cm³/mol. The maximum absolute atomic E-state index is 13.5. The van der Waals surface area contributed by atoms with Gasteiger partial charge in [0.05, 0.1) is 11.4 Å². The third kappa shape index (κ3) is 6.09. The molecule has 5 nitrogen and oxygen atoms in total. The fraction of sp³-hybridized carbons (Fsp3) is 0.296. The molecule has 3 aromatic rings. The topological polar surface area (TPSA) is 66.5 Å². The summed E-state index contributed by atoms with van der Waals surface area (Å²) in [5.74, 6) is -0.144. The number of nitrogens with one attached hydrogen (secondary N) is 1. The Kier molecular flexibility index (Phi) is 7.72. The lowest BCUT2D eigenvalue weighted by Crippen LogP contribution is -2.37. The molecule has 3 aromatic carbocycles. The molecule has 0 saturated heterocycles. The van der Waals surface area contributed by atoms with Crippen molar-refractivity contribution in [2.75, 3.05) is 11.9 Å². The van der Waals surface area contributed by atoms with Gasteiger partial charge in [-0.15, -0.1) is 0 Å². The monoisotopic (exact) mass is 464 g/mol. The van der Waals surface area contributed by atoms with Gasteiger partial charge in [-0.3, -0.25) is 4.79 Å². The van der Waals surface area contributed by atoms with E-state index in [0.717, 1.165) is 33.5 Å². The third-order valence-electron chi connectivity index (χ3n) is 5.61. The van der Waals surface area contributed by atoms with Gasteiger partial charge in [0.1, 0.15) is 0 Å². The molecule has 33 heavy (non-hydrogen) atoms. The van der Waals surface area contributed by atoms with Crippen LogP contribution in [0.3, 0.4) is 0 Å². The van der Waals surface area contributed by atoms with Gasteiger partial charge in [0.2, 0.25) is 15.9 Å². The molecule has 3 rings (SSSR count). The van der Waals surface area contributed by atoms with Crippen LogP contribution < -0.4 is 5.32 Å². The number of nitrogens with zero attached hydrogens (tertiary/aromatic N) is 1. The van der Waals surface area contributed by atoms with Gasteiger partial charge in [-0.1, -0.05) is 79.6 Å². The van der Waals surface area contributed by atoms with Crippen molar-refractivity contribution in [3.8, 4) is 0 Å². The number of aryl methyl sites for hydroxylation is 3. The van der Waals surface area contributed by atoms with Crippen molar-refractivity contribution in [3.63, 3.8) is 0 Å². The molecule has 0 aliphatic rings. The van der Waals surface area contributed by atoms with Crippen LogP contribution in [-0.2, 0) is 21.4 Å². The summed E-state index contributed by atoms with van der Waals surface area (Å²) in [5, 5.41) is 2.98. The van der Waals surface area contributed by atoms with Crippen molar-refractivity contribution in [2.24, 2.45) is 0 Å². The first-order chi connectivity index (χ1) is 15.6. The average Bonchev–Trinajstić information content (AvgIpc) is 2.75. The number of benzene rings is 3. The Morgan fingerprint density at radius 3 is 2.21 bits per heavy atom. The largest absolute Gasteiger partial charge is 0.324 e. The number of carbonyl (C=O) groups excluding carboxylic acids is 1. The number of sulfonamides is 1. The Balaban J connectivity index is 1.93. The van der Waals surface area contributed by atoms with Crippen LogP contribution in [0.25, 0.3) is 0 Å². The van der Waals surface area contributed by atoms with Crippen molar-refractivity contribution in [1.29, 1.82) is 0 Å². The van der Waals surface area contributed by atoms with Gasteiger partial charge < -0.3 is 5.32 Å². The maximum atomic E-state index is 13.5. The molecule has 0 fully saturated rings. The van der Waals surface area contributed by atoms with E-state index in [2.05, 4.69) is 19.2 Å². The van der Waals surface area contributed by atoms with Gasteiger partial charge in [-0.25, -0.2) is 8.42 Å². The zero-order valence-corrected chi connectivity index (χ0v) is 20.7. The summed E-state index contributed by atoms with van der Waals surface area (Å²) >= 11 is 0. The van der Waals surface area contributed by atoms with Gasteiger partial charge in [0.25, 0.3) is 0 Å². The Hall–Kier alpha value is -2.96. The van der Waals surface area contributed by atoms with Crippen molar-refractivity contribution < 1.29 is 13.2 Å². The first-order valence-electron chi connectivity index (χ1n) is 11.1. The van der Waals surface area contributed by atoms with E-state index in [4.69, 9.17) is 0 Å². The normalized spacial score (nSPS) is 11.7. The first-order valence-corrected chi connectivity index (χ1v) is 12.5. The summed E-state index contributed by atoms with van der Waals surface area (Å²) < 4.78 is 28.3. The SMILES string of the molecule is Cc1ccc(S(=O)(=O)N(CC(=O)Nc2c(C)cccc2C(C)C)Cc2cccc(C)c2)cc1. The smallest absolute Gasteiger partial charge is 0.243 e. The van der Waals surface area contributed by atoms with E-state index in [1.165, 1.54) is 4.31 Å². The van der Waals surface area contributed by atoms with Crippen LogP contribution in [0.5, 0.6) is 0 Å². The summed E-state index contributed by atoms with van der Waals surface area (Å²) in [5.41, 5.74) is 5.55. The molecule has 1 N–H and O–H groups in total. The van der Waals surface area contributed by atoms with Crippen LogP contribution in [0.2, 0.25) is 0 Å². The van der Waals surface area contributed by atoms with Gasteiger partial charge in [0, 0.05) is 12.2 Å². The molecular formula is C27H32N2O3S. The van der Waals surface area contributed by atoms with Crippen molar-refractivity contribution in [3.05, 3.63) is 94.5 Å². The van der Waals surface area contributed by atoms with E-state index in [0.29, 0.717) is 0 Å². The number of anilines is 1. The molecule has 0 bridgehead atoms. The quantitative estimate of drug-likeness (QED) is 0.474. The molecule has 0 atom stereocenters. The van der Waals surface area contributed by atoms with Gasteiger partial charge in [-0.2, -0.15) is 4.31 Å². The lowest BCUT2D eigenvalue weighted by Gasteiger charge is -2.23. The summed E-state index contributed by atoms with van der Waals surface area (Å²) in [6.45, 7) is 9.76. The Labute approximate surface area is 197 Å². The maximum Gasteiger partial charge on any atom is 0.243 e. The fourth-order valence-electron chi connectivity index (χ4n) is 3.78. The first kappa shape index (κ1) is 24.7. The van der Waals surface area contributed by atoms with E-state index >= 15 is 0 Å². The van der Waals surface area contributed by atoms with Crippen LogP contribution in [0, 0.1) is 20.8 Å². The zero-order valence-electron chi connectivity index (χ0n) is 19.9. The fourth-order valence-corrected chi connectivity index (χ4v) is 5.17. The molecule has 0 heterocycles. The van der Waals surface area contributed by atoms with Gasteiger partial charge in [-0.05, 0) is 55.5 Å². The molecule has 174 valence electrons. The molecule has 0 saturated carbocycles. The highest BCUT2D eigenvalue weighted by molar-refractivity contribution is 7.89. The second-order valence-electron chi connectivity index (χ2n) is 8.82. The van der Waals surface area contributed by atoms with Crippen molar-refractivity contribution in [2.45, 2.75) is 52.0 Å². The van der Waals surface area contributed by atoms with E-state index in [1.54, 1.807) is 24.3 Å². The Bertz CT molecular complexity index is 1230. The number of rotatable bonds is 8. The second kappa shape index (κ2) is 10.3. The summed E-state index contributed by atoms with van der Waals surface area (Å²) in [6, 6.07) is 20.3. The highest BCUT2D eigenvalue weighted by Gasteiger charge is 2.27. The van der Waals surface area contributed by atoms with Crippen LogP contribution in [0.1, 0.15) is 47.6 Å². The van der Waals surface area contributed by atoms with Gasteiger partial charge >= 0.3 is 0 Å². The number of hydrogen-bond acceptors (Lipinski definition) is 3. The average molecular weight is 465 g/mol. The highest BCUT2D eigenvalue weighted by Crippen LogP contribution is 2.28. The molecule has 0 aliphatic heterocycles. The summed E-state index contributed by atoms with van der Waals surface area (Å²) in [6.07, 6.45) is 0. The van der Waals surface area contributed by atoms with E-state index in [1.807, 2.05) is 63.2 Å². The number of carbonyl (C=O) groups is 1. The second-order valence-corrected chi connectivity index (χ2v) is 10.8. The van der Waals surface area contributed by atoms with Crippen LogP contribution in [0.4, 0.5) is 5.69 Å².